The molecule has 0 saturated heterocycles. The van der Waals surface area contributed by atoms with E-state index in [1.165, 1.54) is 13.3 Å². The molecule has 0 unspecified atom stereocenters. The summed E-state index contributed by atoms with van der Waals surface area (Å²) in [5.41, 5.74) is 1.84. The van der Waals surface area contributed by atoms with Gasteiger partial charge in [-0.1, -0.05) is 13.8 Å². The first-order valence-corrected chi connectivity index (χ1v) is 10.4. The third-order valence-electron chi connectivity index (χ3n) is 4.96. The van der Waals surface area contributed by atoms with Crippen molar-refractivity contribution in [2.75, 3.05) is 21.3 Å². The highest BCUT2D eigenvalue weighted by atomic mass is 16.5. The summed E-state index contributed by atoms with van der Waals surface area (Å²) >= 11 is 0. The lowest BCUT2D eigenvalue weighted by Crippen LogP contribution is -2.18. The van der Waals surface area contributed by atoms with Gasteiger partial charge in [-0.05, 0) is 25.1 Å². The maximum Gasteiger partial charge on any atom is 0.255 e. The first-order chi connectivity index (χ1) is 16.0. The van der Waals surface area contributed by atoms with Crippen LogP contribution >= 0.6 is 0 Å². The molecular weight excluding hydrogens is 422 g/mol. The molecule has 0 fully saturated rings. The number of fused-ring (bicyclic) bond motifs is 2. The van der Waals surface area contributed by atoms with Gasteiger partial charge in [0.15, 0.2) is 17.2 Å². The molecule has 8 heteroatoms. The Bertz CT molecular complexity index is 1370. The fraction of sp³-hybridized carbons (Fsp3) is 0.240. The van der Waals surface area contributed by atoms with Gasteiger partial charge in [0, 0.05) is 36.1 Å². The molecule has 0 radical (unpaired) electrons. The fourth-order valence-electron chi connectivity index (χ4n) is 3.47. The summed E-state index contributed by atoms with van der Waals surface area (Å²) in [5.74, 6) is 2.08. The smallest absolute Gasteiger partial charge is 0.255 e. The number of pyridine rings is 1. The van der Waals surface area contributed by atoms with Crippen molar-refractivity contribution in [2.24, 2.45) is 0 Å². The lowest BCUT2D eigenvalue weighted by molar-refractivity contribution is 0.0963. The standard InChI is InChI=1S/C23H19N3O5.C2H6/c1-12-21(23(27)25-2)15-6-5-14(7-18(15)30-12)31-22-13(10-24)11-26-17-9-20(29-4)19(28-3)8-16(17)22;1-2/h5-9,11H,1-4H3,(H,25,27);1-2H3. The second-order valence-electron chi connectivity index (χ2n) is 6.71. The number of aromatic nitrogens is 1. The number of nitrogens with zero attached hydrogens (tertiary/aromatic N) is 2. The number of methoxy groups -OCH3 is 2. The van der Waals surface area contributed by atoms with Gasteiger partial charge in [-0.25, -0.2) is 0 Å². The second-order valence-corrected chi connectivity index (χ2v) is 6.71. The van der Waals surface area contributed by atoms with Crippen molar-refractivity contribution in [3.63, 3.8) is 0 Å². The normalized spacial score (nSPS) is 10.2. The predicted molar refractivity (Wildman–Crippen MR) is 125 cm³/mol. The van der Waals surface area contributed by atoms with Gasteiger partial charge in [0.2, 0.25) is 0 Å². The Kier molecular flexibility index (Phi) is 7.04. The third-order valence-corrected chi connectivity index (χ3v) is 4.96. The molecule has 0 aliphatic carbocycles. The van der Waals surface area contributed by atoms with Crippen LogP contribution in [-0.2, 0) is 0 Å². The number of aryl methyl sites for hydroxylation is 1. The highest BCUT2D eigenvalue weighted by Gasteiger charge is 2.19. The Labute approximate surface area is 191 Å². The minimum atomic E-state index is -0.224. The lowest BCUT2D eigenvalue weighted by Gasteiger charge is -2.13. The van der Waals surface area contributed by atoms with E-state index < -0.39 is 0 Å². The van der Waals surface area contributed by atoms with E-state index in [0.29, 0.717) is 56.2 Å². The molecule has 0 atom stereocenters. The van der Waals surface area contributed by atoms with Gasteiger partial charge in [0.05, 0.1) is 25.3 Å². The largest absolute Gasteiger partial charge is 0.493 e. The number of nitriles is 1. The van der Waals surface area contributed by atoms with Crippen LogP contribution in [-0.4, -0.2) is 32.2 Å². The van der Waals surface area contributed by atoms with E-state index in [2.05, 4.69) is 16.4 Å². The van der Waals surface area contributed by atoms with E-state index >= 15 is 0 Å². The zero-order valence-electron chi connectivity index (χ0n) is 19.4. The number of rotatable bonds is 5. The van der Waals surface area contributed by atoms with E-state index in [4.69, 9.17) is 18.6 Å². The molecule has 4 aromatic rings. The molecule has 0 aliphatic heterocycles. The van der Waals surface area contributed by atoms with Gasteiger partial charge in [-0.3, -0.25) is 9.78 Å². The van der Waals surface area contributed by atoms with E-state index in [1.807, 2.05) is 13.8 Å². The molecule has 1 N–H and O–H groups in total. The van der Waals surface area contributed by atoms with Crippen molar-refractivity contribution in [3.05, 3.63) is 53.4 Å². The van der Waals surface area contributed by atoms with Gasteiger partial charge in [0.25, 0.3) is 5.91 Å². The van der Waals surface area contributed by atoms with Crippen molar-refractivity contribution in [1.82, 2.24) is 10.3 Å². The van der Waals surface area contributed by atoms with Crippen molar-refractivity contribution in [3.8, 4) is 29.1 Å². The summed E-state index contributed by atoms with van der Waals surface area (Å²) in [6.07, 6.45) is 1.45. The molecular formula is C25H25N3O5. The highest BCUT2D eigenvalue weighted by molar-refractivity contribution is 6.07. The van der Waals surface area contributed by atoms with Crippen LogP contribution < -0.4 is 19.5 Å². The topological polar surface area (TPSA) is 107 Å². The first-order valence-electron chi connectivity index (χ1n) is 10.4. The van der Waals surface area contributed by atoms with E-state index in [0.717, 1.165) is 0 Å². The zero-order valence-corrected chi connectivity index (χ0v) is 19.4. The monoisotopic (exact) mass is 447 g/mol. The number of amides is 1. The molecule has 2 aromatic heterocycles. The molecule has 0 bridgehead atoms. The molecule has 0 saturated carbocycles. The van der Waals surface area contributed by atoms with Gasteiger partial charge in [-0.15, -0.1) is 0 Å². The third kappa shape index (κ3) is 4.26. The van der Waals surface area contributed by atoms with Crippen LogP contribution in [0.25, 0.3) is 21.9 Å². The average Bonchev–Trinajstić information content (AvgIpc) is 3.18. The van der Waals surface area contributed by atoms with Crippen LogP contribution in [0.15, 0.2) is 40.9 Å². The molecule has 1 amide bonds. The van der Waals surface area contributed by atoms with Crippen molar-refractivity contribution in [1.29, 1.82) is 5.26 Å². The minimum absolute atomic E-state index is 0.224. The van der Waals surface area contributed by atoms with Crippen LogP contribution in [0.1, 0.15) is 35.5 Å². The number of benzene rings is 2. The Morgan fingerprint density at radius 1 is 1.09 bits per heavy atom. The summed E-state index contributed by atoms with van der Waals surface area (Å²) in [6, 6.07) is 10.7. The number of carbonyl (C=O) groups excluding carboxylic acids is 1. The molecule has 0 aliphatic rings. The summed E-state index contributed by atoms with van der Waals surface area (Å²) in [5, 5.41) is 13.5. The van der Waals surface area contributed by atoms with E-state index in [-0.39, 0.29) is 11.5 Å². The number of furan rings is 1. The van der Waals surface area contributed by atoms with Crippen LogP contribution in [0.2, 0.25) is 0 Å². The summed E-state index contributed by atoms with van der Waals surface area (Å²) in [4.78, 5) is 16.5. The molecule has 4 rings (SSSR count). The Morgan fingerprint density at radius 3 is 2.42 bits per heavy atom. The first kappa shape index (κ1) is 23.4. The Balaban J connectivity index is 0.00000149. The fourth-order valence-corrected chi connectivity index (χ4v) is 3.47. The maximum atomic E-state index is 12.2. The average molecular weight is 447 g/mol. The number of nitrogens with one attached hydrogen (secondary N) is 1. The molecule has 8 nitrogen and oxygen atoms in total. The summed E-state index contributed by atoms with van der Waals surface area (Å²) < 4.78 is 22.6. The van der Waals surface area contributed by atoms with Crippen molar-refractivity contribution >= 4 is 27.8 Å². The molecule has 170 valence electrons. The summed E-state index contributed by atoms with van der Waals surface area (Å²) in [6.45, 7) is 5.73. The Morgan fingerprint density at radius 2 is 1.79 bits per heavy atom. The Hall–Kier alpha value is -4.25. The predicted octanol–water partition coefficient (Wildman–Crippen LogP) is 5.36. The molecule has 2 heterocycles. The van der Waals surface area contributed by atoms with E-state index in [9.17, 15) is 10.1 Å². The summed E-state index contributed by atoms with van der Waals surface area (Å²) in [7, 11) is 4.64. The van der Waals surface area contributed by atoms with Gasteiger partial charge >= 0.3 is 0 Å². The zero-order chi connectivity index (χ0) is 24.1. The van der Waals surface area contributed by atoms with Crippen molar-refractivity contribution in [2.45, 2.75) is 20.8 Å². The van der Waals surface area contributed by atoms with Gasteiger partial charge < -0.3 is 23.9 Å². The van der Waals surface area contributed by atoms with Crippen molar-refractivity contribution < 1.29 is 23.4 Å². The van der Waals surface area contributed by atoms with Crippen LogP contribution in [0.3, 0.4) is 0 Å². The SMILES string of the molecule is CC.CNC(=O)c1c(C)oc2cc(Oc3c(C#N)cnc4cc(OC)c(OC)cc34)ccc12. The number of ether oxygens (including phenoxy) is 3. The lowest BCUT2D eigenvalue weighted by atomic mass is 10.1. The highest BCUT2D eigenvalue weighted by Crippen LogP contribution is 2.39. The number of carbonyl (C=O) groups is 1. The van der Waals surface area contributed by atoms with Crippen LogP contribution in [0.5, 0.6) is 23.0 Å². The molecule has 0 spiro atoms. The molecule has 2 aromatic carbocycles. The second kappa shape index (κ2) is 9.92. The van der Waals surface area contributed by atoms with Crippen LogP contribution in [0, 0.1) is 18.3 Å². The quantitative estimate of drug-likeness (QED) is 0.439. The molecule has 33 heavy (non-hydrogen) atoms. The van der Waals surface area contributed by atoms with Crippen LogP contribution in [0.4, 0.5) is 0 Å². The number of hydrogen-bond donors (Lipinski definition) is 1. The van der Waals surface area contributed by atoms with Gasteiger partial charge in [0.1, 0.15) is 28.7 Å². The minimum Gasteiger partial charge on any atom is -0.493 e. The van der Waals surface area contributed by atoms with E-state index in [1.54, 1.807) is 51.4 Å². The number of hydrogen-bond acceptors (Lipinski definition) is 7. The maximum absolute atomic E-state index is 12.2. The van der Waals surface area contributed by atoms with Gasteiger partial charge in [-0.2, -0.15) is 5.26 Å².